The minimum Gasteiger partial charge on any atom is -0.481 e. The van der Waals surface area contributed by atoms with Crippen molar-refractivity contribution in [1.82, 2.24) is 4.90 Å². The van der Waals surface area contributed by atoms with Crippen molar-refractivity contribution in [2.75, 3.05) is 0 Å². The number of carboxylic acids is 1. The topological polar surface area (TPSA) is 40.5 Å². The molecular weight excluding hydrogens is 444 g/mol. The van der Waals surface area contributed by atoms with Crippen molar-refractivity contribution in [3.05, 3.63) is 131 Å². The Kier molecular flexibility index (Phi) is 7.68. The van der Waals surface area contributed by atoms with Gasteiger partial charge in [-0.2, -0.15) is 0 Å². The largest absolute Gasteiger partial charge is 0.481 e. The first kappa shape index (κ1) is 24.3. The van der Waals surface area contributed by atoms with Gasteiger partial charge >= 0.3 is 5.97 Å². The first-order valence-electron chi connectivity index (χ1n) is 11.5. The van der Waals surface area contributed by atoms with E-state index < -0.39 is 23.6 Å². The smallest absolute Gasteiger partial charge is 0.305 e. The highest BCUT2D eigenvalue weighted by Gasteiger charge is 2.28. The number of benzene rings is 4. The highest BCUT2D eigenvalue weighted by molar-refractivity contribution is 5.69. The zero-order valence-corrected chi connectivity index (χ0v) is 19.4. The number of carboxylic acid groups (broad SMARTS) is 1. The van der Waals surface area contributed by atoms with E-state index in [1.165, 1.54) is 0 Å². The minimum absolute atomic E-state index is 0.102. The number of halogens is 2. The van der Waals surface area contributed by atoms with Gasteiger partial charge in [-0.05, 0) is 53.4 Å². The Morgan fingerprint density at radius 1 is 0.829 bits per heavy atom. The molecule has 1 N–H and O–H groups in total. The SMILES string of the molecule is C[C@H](c1ccccc1)N(Cc1ccccc1)[C@@H](CC(=O)O)c1cccc(-c2cc(F)ccc2F)c1. The highest BCUT2D eigenvalue weighted by Crippen LogP contribution is 2.36. The molecule has 0 radical (unpaired) electrons. The minimum atomic E-state index is -0.935. The molecule has 4 aromatic carbocycles. The van der Waals surface area contributed by atoms with Crippen LogP contribution in [0.5, 0.6) is 0 Å². The summed E-state index contributed by atoms with van der Waals surface area (Å²) < 4.78 is 28.4. The fraction of sp³-hybridized carbons (Fsp3) is 0.167. The van der Waals surface area contributed by atoms with Crippen molar-refractivity contribution in [3.63, 3.8) is 0 Å². The molecule has 4 aromatic rings. The predicted octanol–water partition coefficient (Wildman–Crippen LogP) is 7.41. The molecule has 0 unspecified atom stereocenters. The second-order valence-electron chi connectivity index (χ2n) is 8.61. The normalized spacial score (nSPS) is 12.9. The second-order valence-corrected chi connectivity index (χ2v) is 8.61. The van der Waals surface area contributed by atoms with Crippen LogP contribution in [-0.2, 0) is 11.3 Å². The molecule has 0 aliphatic carbocycles. The Balaban J connectivity index is 1.80. The molecule has 178 valence electrons. The molecule has 0 aliphatic heterocycles. The van der Waals surface area contributed by atoms with Crippen molar-refractivity contribution >= 4 is 5.97 Å². The lowest BCUT2D eigenvalue weighted by Gasteiger charge is -2.37. The first-order valence-corrected chi connectivity index (χ1v) is 11.5. The lowest BCUT2D eigenvalue weighted by molar-refractivity contribution is -0.138. The van der Waals surface area contributed by atoms with E-state index in [1.807, 2.05) is 66.7 Å². The van der Waals surface area contributed by atoms with E-state index >= 15 is 0 Å². The van der Waals surface area contributed by atoms with Crippen molar-refractivity contribution in [1.29, 1.82) is 0 Å². The van der Waals surface area contributed by atoms with Gasteiger partial charge in [0.15, 0.2) is 0 Å². The maximum Gasteiger partial charge on any atom is 0.305 e. The number of aliphatic carboxylic acids is 1. The summed E-state index contributed by atoms with van der Waals surface area (Å²) in [5.74, 6) is -2.00. The Morgan fingerprint density at radius 2 is 1.49 bits per heavy atom. The van der Waals surface area contributed by atoms with E-state index in [4.69, 9.17) is 0 Å². The number of hydrogen-bond donors (Lipinski definition) is 1. The van der Waals surface area contributed by atoms with Crippen LogP contribution < -0.4 is 0 Å². The van der Waals surface area contributed by atoms with Gasteiger partial charge in [0.1, 0.15) is 11.6 Å². The molecule has 5 heteroatoms. The van der Waals surface area contributed by atoms with Crippen LogP contribution in [0.3, 0.4) is 0 Å². The third-order valence-corrected chi connectivity index (χ3v) is 6.27. The summed E-state index contributed by atoms with van der Waals surface area (Å²) >= 11 is 0. The fourth-order valence-corrected chi connectivity index (χ4v) is 4.46. The molecule has 0 aromatic heterocycles. The summed E-state index contributed by atoms with van der Waals surface area (Å²) in [7, 11) is 0. The molecule has 35 heavy (non-hydrogen) atoms. The van der Waals surface area contributed by atoms with Gasteiger partial charge in [-0.15, -0.1) is 0 Å². The van der Waals surface area contributed by atoms with E-state index in [0.29, 0.717) is 12.1 Å². The van der Waals surface area contributed by atoms with Crippen molar-refractivity contribution < 1.29 is 18.7 Å². The Morgan fingerprint density at radius 3 is 2.17 bits per heavy atom. The predicted molar refractivity (Wildman–Crippen MR) is 134 cm³/mol. The van der Waals surface area contributed by atoms with E-state index in [-0.39, 0.29) is 18.0 Å². The van der Waals surface area contributed by atoms with Gasteiger partial charge in [-0.3, -0.25) is 9.69 Å². The van der Waals surface area contributed by atoms with Crippen molar-refractivity contribution in [2.45, 2.75) is 32.0 Å². The lowest BCUT2D eigenvalue weighted by Crippen LogP contribution is -2.32. The molecule has 0 saturated heterocycles. The van der Waals surface area contributed by atoms with E-state index in [0.717, 1.165) is 34.9 Å². The summed E-state index contributed by atoms with van der Waals surface area (Å²) in [6, 6.07) is 29.7. The summed E-state index contributed by atoms with van der Waals surface area (Å²) in [6.45, 7) is 2.58. The summed E-state index contributed by atoms with van der Waals surface area (Å²) in [6.07, 6.45) is -0.140. The third kappa shape index (κ3) is 6.00. The zero-order valence-electron chi connectivity index (χ0n) is 19.4. The van der Waals surface area contributed by atoms with Crippen molar-refractivity contribution in [2.24, 2.45) is 0 Å². The maximum absolute atomic E-state index is 14.5. The standard InChI is InChI=1S/C30H27F2NO2/c1-21(23-11-6-3-7-12-23)33(20-22-9-4-2-5-10-22)29(19-30(34)35)25-14-8-13-24(17-25)27-18-26(31)15-16-28(27)32/h2-18,21,29H,19-20H2,1H3,(H,34,35)/t21-,29+/m1/s1. The Labute approximate surface area is 204 Å². The van der Waals surface area contributed by atoms with Crippen LogP contribution in [0.4, 0.5) is 8.78 Å². The molecule has 0 aliphatic rings. The van der Waals surface area contributed by atoms with E-state index in [1.54, 1.807) is 18.2 Å². The van der Waals surface area contributed by atoms with Crippen molar-refractivity contribution in [3.8, 4) is 11.1 Å². The van der Waals surface area contributed by atoms with Gasteiger partial charge in [-0.1, -0.05) is 78.9 Å². The first-order chi connectivity index (χ1) is 16.9. The van der Waals surface area contributed by atoms with Crippen LogP contribution in [0.2, 0.25) is 0 Å². The van der Waals surface area contributed by atoms with Gasteiger partial charge in [-0.25, -0.2) is 8.78 Å². The molecular formula is C30H27F2NO2. The molecule has 0 heterocycles. The van der Waals surface area contributed by atoms with Crippen LogP contribution in [0.15, 0.2) is 103 Å². The highest BCUT2D eigenvalue weighted by atomic mass is 19.1. The number of nitrogens with zero attached hydrogens (tertiary/aromatic N) is 1. The summed E-state index contributed by atoms with van der Waals surface area (Å²) in [4.78, 5) is 14.2. The van der Waals surface area contributed by atoms with Gasteiger partial charge in [0.2, 0.25) is 0 Å². The summed E-state index contributed by atoms with van der Waals surface area (Å²) in [5.41, 5.74) is 3.49. The van der Waals surface area contributed by atoms with Gasteiger partial charge in [0.05, 0.1) is 6.42 Å². The second kappa shape index (κ2) is 11.1. The van der Waals surface area contributed by atoms with Gasteiger partial charge in [0.25, 0.3) is 0 Å². The number of rotatable bonds is 9. The number of hydrogen-bond acceptors (Lipinski definition) is 2. The average Bonchev–Trinajstić information content (AvgIpc) is 2.88. The Hall–Kier alpha value is -3.83. The van der Waals surface area contributed by atoms with Crippen LogP contribution in [-0.4, -0.2) is 16.0 Å². The van der Waals surface area contributed by atoms with Crippen LogP contribution in [0.1, 0.15) is 42.1 Å². The Bertz CT molecular complexity index is 1280. The van der Waals surface area contributed by atoms with Gasteiger partial charge < -0.3 is 5.11 Å². The maximum atomic E-state index is 14.5. The molecule has 2 atom stereocenters. The third-order valence-electron chi connectivity index (χ3n) is 6.27. The van der Waals surface area contributed by atoms with Crippen LogP contribution >= 0.6 is 0 Å². The molecule has 0 fully saturated rings. The van der Waals surface area contributed by atoms with Gasteiger partial charge in [0, 0.05) is 24.2 Å². The fourth-order valence-electron chi connectivity index (χ4n) is 4.46. The number of carbonyl (C=O) groups is 1. The average molecular weight is 472 g/mol. The van der Waals surface area contributed by atoms with E-state index in [9.17, 15) is 18.7 Å². The zero-order chi connectivity index (χ0) is 24.8. The molecule has 0 saturated carbocycles. The molecule has 4 rings (SSSR count). The molecule has 0 spiro atoms. The quantitative estimate of drug-likeness (QED) is 0.276. The van der Waals surface area contributed by atoms with Crippen LogP contribution in [0, 0.1) is 11.6 Å². The van der Waals surface area contributed by atoms with E-state index in [2.05, 4.69) is 11.8 Å². The monoisotopic (exact) mass is 471 g/mol. The summed E-state index contributed by atoms with van der Waals surface area (Å²) in [5, 5.41) is 9.84. The van der Waals surface area contributed by atoms with Crippen LogP contribution in [0.25, 0.3) is 11.1 Å². The molecule has 0 bridgehead atoms. The lowest BCUT2D eigenvalue weighted by atomic mass is 9.94. The molecule has 0 amide bonds. The molecule has 3 nitrogen and oxygen atoms in total.